The summed E-state index contributed by atoms with van der Waals surface area (Å²) in [4.78, 5) is 27.9. The van der Waals surface area contributed by atoms with Gasteiger partial charge in [0, 0.05) is 12.6 Å². The van der Waals surface area contributed by atoms with E-state index in [0.29, 0.717) is 19.0 Å². The second-order valence-electron chi connectivity index (χ2n) is 5.36. The van der Waals surface area contributed by atoms with Gasteiger partial charge in [-0.25, -0.2) is 4.98 Å². The van der Waals surface area contributed by atoms with Crippen molar-refractivity contribution in [1.82, 2.24) is 4.98 Å². The fourth-order valence-electron chi connectivity index (χ4n) is 2.16. The number of hydrogen-bond donors (Lipinski definition) is 0. The lowest BCUT2D eigenvalue weighted by molar-refractivity contribution is -0.143. The average Bonchev–Trinajstić information content (AvgIpc) is 2.59. The highest BCUT2D eigenvalue weighted by molar-refractivity contribution is 5.98. The molecular formula is C19H21NO4. The monoisotopic (exact) mass is 327 g/mol. The first kappa shape index (κ1) is 17.7. The molecule has 0 radical (unpaired) electrons. The maximum Gasteiger partial charge on any atom is 0.306 e. The van der Waals surface area contributed by atoms with Crippen LogP contribution in [0.1, 0.15) is 41.4 Å². The standard InChI is InChI=1S/C19H21NO4/c1-3-23-18(22)10-9-16(21)19-17(11-14(2)12-20-19)24-13-15-7-5-4-6-8-15/h4-8,11-12H,3,9-10,13H2,1-2H3. The van der Waals surface area contributed by atoms with Crippen molar-refractivity contribution in [2.24, 2.45) is 0 Å². The first-order valence-corrected chi connectivity index (χ1v) is 7.92. The molecule has 0 saturated heterocycles. The Morgan fingerprint density at radius 2 is 1.88 bits per heavy atom. The van der Waals surface area contributed by atoms with Crippen LogP contribution in [-0.4, -0.2) is 23.3 Å². The van der Waals surface area contributed by atoms with Crippen LogP contribution in [0.5, 0.6) is 5.75 Å². The predicted molar refractivity (Wildman–Crippen MR) is 89.9 cm³/mol. The number of carbonyl (C=O) groups excluding carboxylic acids is 2. The number of benzene rings is 1. The first-order chi connectivity index (χ1) is 11.6. The fraction of sp³-hybridized carbons (Fsp3) is 0.316. The Hall–Kier alpha value is -2.69. The molecular weight excluding hydrogens is 306 g/mol. The first-order valence-electron chi connectivity index (χ1n) is 7.92. The quantitative estimate of drug-likeness (QED) is 0.548. The van der Waals surface area contributed by atoms with Gasteiger partial charge in [0.15, 0.2) is 5.78 Å². The second-order valence-corrected chi connectivity index (χ2v) is 5.36. The summed E-state index contributed by atoms with van der Waals surface area (Å²) in [6.45, 7) is 4.28. The highest BCUT2D eigenvalue weighted by atomic mass is 16.5. The van der Waals surface area contributed by atoms with Crippen LogP contribution in [0.2, 0.25) is 0 Å². The van der Waals surface area contributed by atoms with Crippen LogP contribution in [0.15, 0.2) is 42.6 Å². The van der Waals surface area contributed by atoms with Gasteiger partial charge in [0.2, 0.25) is 0 Å². The van der Waals surface area contributed by atoms with Gasteiger partial charge >= 0.3 is 5.97 Å². The van der Waals surface area contributed by atoms with Crippen LogP contribution in [0.4, 0.5) is 0 Å². The number of rotatable bonds is 8. The summed E-state index contributed by atoms with van der Waals surface area (Å²) in [5, 5.41) is 0. The molecule has 5 heteroatoms. The molecule has 1 heterocycles. The van der Waals surface area contributed by atoms with Crippen LogP contribution in [0.3, 0.4) is 0 Å². The topological polar surface area (TPSA) is 65.5 Å². The average molecular weight is 327 g/mol. The minimum absolute atomic E-state index is 0.0420. The van der Waals surface area contributed by atoms with E-state index in [9.17, 15) is 9.59 Å². The van der Waals surface area contributed by atoms with E-state index in [0.717, 1.165) is 11.1 Å². The molecule has 24 heavy (non-hydrogen) atoms. The van der Waals surface area contributed by atoms with Crippen molar-refractivity contribution in [3.05, 3.63) is 59.4 Å². The molecule has 0 spiro atoms. The van der Waals surface area contributed by atoms with Gasteiger partial charge in [-0.3, -0.25) is 9.59 Å². The highest BCUT2D eigenvalue weighted by Gasteiger charge is 2.17. The van der Waals surface area contributed by atoms with Crippen molar-refractivity contribution in [1.29, 1.82) is 0 Å². The molecule has 0 fully saturated rings. The summed E-state index contributed by atoms with van der Waals surface area (Å²) < 4.78 is 10.6. The number of carbonyl (C=O) groups is 2. The summed E-state index contributed by atoms with van der Waals surface area (Å²) >= 11 is 0. The van der Waals surface area contributed by atoms with Crippen LogP contribution < -0.4 is 4.74 Å². The molecule has 0 aliphatic heterocycles. The van der Waals surface area contributed by atoms with E-state index in [-0.39, 0.29) is 30.3 Å². The van der Waals surface area contributed by atoms with Crippen molar-refractivity contribution in [2.45, 2.75) is 33.3 Å². The lowest BCUT2D eigenvalue weighted by Crippen LogP contribution is -2.11. The van der Waals surface area contributed by atoms with Gasteiger partial charge in [-0.2, -0.15) is 0 Å². The van der Waals surface area contributed by atoms with E-state index in [4.69, 9.17) is 9.47 Å². The molecule has 0 bridgehead atoms. The molecule has 1 aromatic heterocycles. The van der Waals surface area contributed by atoms with Crippen molar-refractivity contribution in [3.8, 4) is 5.75 Å². The number of hydrogen-bond acceptors (Lipinski definition) is 5. The molecule has 2 rings (SSSR count). The third-order valence-corrected chi connectivity index (χ3v) is 3.35. The van der Waals surface area contributed by atoms with Gasteiger partial charge in [-0.05, 0) is 31.0 Å². The summed E-state index contributed by atoms with van der Waals surface area (Å²) in [5.41, 5.74) is 2.16. The summed E-state index contributed by atoms with van der Waals surface area (Å²) in [6.07, 6.45) is 1.71. The maximum absolute atomic E-state index is 12.3. The number of Topliss-reactive ketones (excluding diaryl/α,β-unsaturated/α-hetero) is 1. The lowest BCUT2D eigenvalue weighted by Gasteiger charge is -2.11. The number of nitrogens with zero attached hydrogens (tertiary/aromatic N) is 1. The molecule has 2 aromatic rings. The highest BCUT2D eigenvalue weighted by Crippen LogP contribution is 2.21. The van der Waals surface area contributed by atoms with Gasteiger partial charge < -0.3 is 9.47 Å². The van der Waals surface area contributed by atoms with Gasteiger partial charge in [-0.15, -0.1) is 0 Å². The van der Waals surface area contributed by atoms with E-state index < -0.39 is 0 Å². The van der Waals surface area contributed by atoms with Crippen molar-refractivity contribution < 1.29 is 19.1 Å². The number of aromatic nitrogens is 1. The molecule has 0 unspecified atom stereocenters. The minimum atomic E-state index is -0.385. The van der Waals surface area contributed by atoms with Crippen molar-refractivity contribution >= 4 is 11.8 Å². The molecule has 0 saturated carbocycles. The third kappa shape index (κ3) is 5.19. The number of esters is 1. The van der Waals surface area contributed by atoms with Gasteiger partial charge in [-0.1, -0.05) is 30.3 Å². The van der Waals surface area contributed by atoms with Gasteiger partial charge in [0.1, 0.15) is 18.1 Å². The number of ketones is 1. The van der Waals surface area contributed by atoms with E-state index >= 15 is 0 Å². The molecule has 0 atom stereocenters. The zero-order valence-electron chi connectivity index (χ0n) is 14.0. The summed E-state index contributed by atoms with van der Waals surface area (Å²) in [6, 6.07) is 11.5. The second kappa shape index (κ2) is 8.82. The molecule has 0 aliphatic rings. The SMILES string of the molecule is CCOC(=O)CCC(=O)c1ncc(C)cc1OCc1ccccc1. The van der Waals surface area contributed by atoms with Crippen LogP contribution in [0.25, 0.3) is 0 Å². The van der Waals surface area contributed by atoms with Crippen LogP contribution >= 0.6 is 0 Å². The zero-order chi connectivity index (χ0) is 17.4. The normalized spacial score (nSPS) is 10.2. The summed E-state index contributed by atoms with van der Waals surface area (Å²) in [5.74, 6) is -0.177. The van der Waals surface area contributed by atoms with Crippen molar-refractivity contribution in [2.75, 3.05) is 6.61 Å². The third-order valence-electron chi connectivity index (χ3n) is 3.35. The van der Waals surface area contributed by atoms with Crippen LogP contribution in [-0.2, 0) is 16.1 Å². The predicted octanol–water partition coefficient (Wildman–Crippen LogP) is 3.50. The molecule has 126 valence electrons. The Morgan fingerprint density at radius 1 is 1.12 bits per heavy atom. The lowest BCUT2D eigenvalue weighted by atomic mass is 10.1. The van der Waals surface area contributed by atoms with E-state index in [1.54, 1.807) is 19.2 Å². The largest absolute Gasteiger partial charge is 0.486 e. The van der Waals surface area contributed by atoms with E-state index in [2.05, 4.69) is 4.98 Å². The Bertz CT molecular complexity index is 698. The van der Waals surface area contributed by atoms with Crippen molar-refractivity contribution in [3.63, 3.8) is 0 Å². The number of ether oxygens (including phenoxy) is 2. The Balaban J connectivity index is 2.06. The summed E-state index contributed by atoms with van der Waals surface area (Å²) in [7, 11) is 0. The van der Waals surface area contributed by atoms with Gasteiger partial charge in [0.25, 0.3) is 0 Å². The molecule has 0 N–H and O–H groups in total. The number of pyridine rings is 1. The van der Waals surface area contributed by atoms with E-state index in [1.165, 1.54) is 0 Å². The molecule has 0 aliphatic carbocycles. The molecule has 1 aromatic carbocycles. The Labute approximate surface area is 141 Å². The Morgan fingerprint density at radius 3 is 2.58 bits per heavy atom. The molecule has 0 amide bonds. The number of aryl methyl sites for hydroxylation is 1. The fourth-order valence-corrected chi connectivity index (χ4v) is 2.16. The Kier molecular flexibility index (Phi) is 6.49. The zero-order valence-corrected chi connectivity index (χ0v) is 14.0. The molecule has 5 nitrogen and oxygen atoms in total. The smallest absolute Gasteiger partial charge is 0.306 e. The van der Waals surface area contributed by atoms with Gasteiger partial charge in [0.05, 0.1) is 13.0 Å². The van der Waals surface area contributed by atoms with E-state index in [1.807, 2.05) is 37.3 Å². The minimum Gasteiger partial charge on any atom is -0.486 e. The van der Waals surface area contributed by atoms with Crippen LogP contribution in [0, 0.1) is 6.92 Å². The maximum atomic E-state index is 12.3.